The molecule has 0 unspecified atom stereocenters. The number of fused-ring (bicyclic) bond motifs is 1. The Morgan fingerprint density at radius 3 is 2.50 bits per heavy atom. The molecule has 2 heterocycles. The number of nitrogens with one attached hydrogen (secondary N) is 1. The highest BCUT2D eigenvalue weighted by atomic mass is 79.9. The second kappa shape index (κ2) is 8.64. The predicted octanol–water partition coefficient (Wildman–Crippen LogP) is 4.12. The molecule has 0 radical (unpaired) electrons. The van der Waals surface area contributed by atoms with Gasteiger partial charge in [0.15, 0.2) is 11.5 Å². The van der Waals surface area contributed by atoms with Crippen LogP contribution in [0.5, 0.6) is 17.2 Å². The topological polar surface area (TPSA) is 77.1 Å². The number of sulfonamides is 1. The fraction of sp³-hybridized carbons (Fsp3) is 0.400. The van der Waals surface area contributed by atoms with Gasteiger partial charge in [0, 0.05) is 23.6 Å². The Bertz CT molecular complexity index is 1130. The lowest BCUT2D eigenvalue weighted by Gasteiger charge is -2.22. The third-order valence-electron chi connectivity index (χ3n) is 5.08. The van der Waals surface area contributed by atoms with Crippen molar-refractivity contribution >= 4 is 31.6 Å². The van der Waals surface area contributed by atoms with E-state index in [-0.39, 0.29) is 21.7 Å². The average molecular weight is 537 g/mol. The molecular weight excluding hydrogens is 517 g/mol. The molecule has 2 aromatic carbocycles. The quantitative estimate of drug-likeness (QED) is 0.619. The lowest BCUT2D eigenvalue weighted by atomic mass is 10.1. The first-order valence-electron chi connectivity index (χ1n) is 9.72. The van der Waals surface area contributed by atoms with Gasteiger partial charge in [0.2, 0.25) is 0 Å². The van der Waals surface area contributed by atoms with Gasteiger partial charge in [-0.3, -0.25) is 4.72 Å². The van der Waals surface area contributed by atoms with Crippen molar-refractivity contribution in [2.45, 2.75) is 23.6 Å². The van der Waals surface area contributed by atoms with E-state index in [1.807, 2.05) is 11.9 Å². The van der Waals surface area contributed by atoms with Crippen molar-refractivity contribution in [2.75, 3.05) is 38.1 Å². The monoisotopic (exact) mass is 536 g/mol. The van der Waals surface area contributed by atoms with Crippen molar-refractivity contribution in [1.29, 1.82) is 0 Å². The largest absolute Gasteiger partial charge is 0.488 e. The van der Waals surface area contributed by atoms with Crippen molar-refractivity contribution in [1.82, 2.24) is 4.90 Å². The number of likely N-dealkylation sites (N-methyl/N-ethyl adjacent to an activating group) is 1. The molecule has 174 valence electrons. The van der Waals surface area contributed by atoms with E-state index < -0.39 is 39.3 Å². The third-order valence-corrected chi connectivity index (χ3v) is 7.41. The molecule has 0 bridgehead atoms. The summed E-state index contributed by atoms with van der Waals surface area (Å²) in [5.74, 6) is 0.118. The first-order valence-corrected chi connectivity index (χ1v) is 12.0. The van der Waals surface area contributed by atoms with Gasteiger partial charge in [-0.25, -0.2) is 8.42 Å². The minimum Gasteiger partial charge on any atom is -0.488 e. The van der Waals surface area contributed by atoms with Gasteiger partial charge >= 0.3 is 6.18 Å². The molecule has 1 saturated heterocycles. The highest BCUT2D eigenvalue weighted by Crippen LogP contribution is 2.44. The summed E-state index contributed by atoms with van der Waals surface area (Å²) in [5.41, 5.74) is -1.80. The van der Waals surface area contributed by atoms with Crippen LogP contribution in [0, 0.1) is 0 Å². The summed E-state index contributed by atoms with van der Waals surface area (Å²) in [6.45, 7) is 1.73. The van der Waals surface area contributed by atoms with Crippen LogP contribution in [0.1, 0.15) is 12.0 Å². The minimum atomic E-state index is -4.84. The zero-order chi connectivity index (χ0) is 23.1. The molecule has 0 spiro atoms. The van der Waals surface area contributed by atoms with E-state index in [4.69, 9.17) is 14.2 Å². The standard InChI is InChI=1S/C20H20BrF3N2O5S/c1-26-6-5-12(11-26)31-15-4-2-3-14(19(15)20(22,23)24)25-32(27,28)18-10-17-16(9-13(18)21)29-7-8-30-17/h2-4,9-10,12,25H,5-8,11H2,1H3/t12-/m1/s1. The Labute approximate surface area is 191 Å². The molecule has 0 amide bonds. The zero-order valence-electron chi connectivity index (χ0n) is 16.9. The number of halogens is 4. The zero-order valence-corrected chi connectivity index (χ0v) is 19.3. The van der Waals surface area contributed by atoms with Gasteiger partial charge in [0.05, 0.1) is 5.69 Å². The van der Waals surface area contributed by atoms with Crippen LogP contribution in [0.15, 0.2) is 39.7 Å². The molecular formula is C20H20BrF3N2O5S. The van der Waals surface area contributed by atoms with Crippen LogP contribution in [-0.4, -0.2) is 52.8 Å². The van der Waals surface area contributed by atoms with Crippen LogP contribution < -0.4 is 18.9 Å². The van der Waals surface area contributed by atoms with Gasteiger partial charge in [0.1, 0.15) is 35.5 Å². The molecule has 32 heavy (non-hydrogen) atoms. The van der Waals surface area contributed by atoms with E-state index in [9.17, 15) is 21.6 Å². The molecule has 1 N–H and O–H groups in total. The van der Waals surface area contributed by atoms with Crippen LogP contribution >= 0.6 is 15.9 Å². The Morgan fingerprint density at radius 1 is 1.19 bits per heavy atom. The number of likely N-dealkylation sites (tertiary alicyclic amines) is 1. The molecule has 4 rings (SSSR count). The number of alkyl halides is 3. The van der Waals surface area contributed by atoms with Crippen LogP contribution in [0.4, 0.5) is 18.9 Å². The highest BCUT2D eigenvalue weighted by Gasteiger charge is 2.39. The number of hydrogen-bond donors (Lipinski definition) is 1. The summed E-state index contributed by atoms with van der Waals surface area (Å²) >= 11 is 3.15. The fourth-order valence-corrected chi connectivity index (χ4v) is 5.74. The van der Waals surface area contributed by atoms with Gasteiger partial charge in [0.25, 0.3) is 10.0 Å². The lowest BCUT2D eigenvalue weighted by molar-refractivity contribution is -0.138. The summed E-state index contributed by atoms with van der Waals surface area (Å²) in [7, 11) is -2.56. The first-order chi connectivity index (χ1) is 15.0. The Balaban J connectivity index is 1.70. The van der Waals surface area contributed by atoms with E-state index in [0.29, 0.717) is 31.9 Å². The summed E-state index contributed by atoms with van der Waals surface area (Å²) in [4.78, 5) is 1.67. The number of benzene rings is 2. The highest BCUT2D eigenvalue weighted by molar-refractivity contribution is 9.10. The molecule has 1 atom stereocenters. The lowest BCUT2D eigenvalue weighted by Crippen LogP contribution is -2.24. The molecule has 1 fully saturated rings. The fourth-order valence-electron chi connectivity index (χ4n) is 3.63. The Hall–Kier alpha value is -2.18. The van der Waals surface area contributed by atoms with Crippen LogP contribution in [-0.2, 0) is 16.2 Å². The number of rotatable bonds is 5. The van der Waals surface area contributed by atoms with Crippen LogP contribution in [0.2, 0.25) is 0 Å². The molecule has 0 aliphatic carbocycles. The first kappa shape index (κ1) is 23.0. The number of ether oxygens (including phenoxy) is 3. The maximum atomic E-state index is 14.0. The number of hydrogen-bond acceptors (Lipinski definition) is 6. The Morgan fingerprint density at radius 2 is 1.88 bits per heavy atom. The van der Waals surface area contributed by atoms with Crippen LogP contribution in [0.25, 0.3) is 0 Å². The van der Waals surface area contributed by atoms with Crippen molar-refractivity contribution in [2.24, 2.45) is 0 Å². The van der Waals surface area contributed by atoms with E-state index in [0.717, 1.165) is 6.07 Å². The minimum absolute atomic E-state index is 0.129. The summed E-state index contributed by atoms with van der Waals surface area (Å²) in [6.07, 6.45) is -4.68. The van der Waals surface area contributed by atoms with Gasteiger partial charge in [-0.1, -0.05) is 6.07 Å². The second-order valence-electron chi connectivity index (χ2n) is 7.50. The van der Waals surface area contributed by atoms with E-state index in [1.165, 1.54) is 24.3 Å². The van der Waals surface area contributed by atoms with E-state index in [1.54, 1.807) is 0 Å². The second-order valence-corrected chi connectivity index (χ2v) is 10.0. The molecule has 2 aliphatic rings. The molecule has 0 saturated carbocycles. The van der Waals surface area contributed by atoms with Gasteiger partial charge < -0.3 is 19.1 Å². The van der Waals surface area contributed by atoms with E-state index >= 15 is 0 Å². The third kappa shape index (κ3) is 4.76. The predicted molar refractivity (Wildman–Crippen MR) is 114 cm³/mol. The average Bonchev–Trinajstić information content (AvgIpc) is 3.10. The summed E-state index contributed by atoms with van der Waals surface area (Å²) < 4.78 is 86.6. The Kier molecular flexibility index (Phi) is 6.21. The molecule has 2 aromatic rings. The molecule has 7 nitrogen and oxygen atoms in total. The molecule has 0 aromatic heterocycles. The normalized spacial score (nSPS) is 19.1. The molecule has 2 aliphatic heterocycles. The summed E-state index contributed by atoms with van der Waals surface area (Å²) in [6, 6.07) is 6.19. The summed E-state index contributed by atoms with van der Waals surface area (Å²) in [5, 5.41) is 0. The van der Waals surface area contributed by atoms with Gasteiger partial charge in [-0.2, -0.15) is 13.2 Å². The van der Waals surface area contributed by atoms with E-state index in [2.05, 4.69) is 20.7 Å². The smallest absolute Gasteiger partial charge is 0.421 e. The number of anilines is 1. The number of nitrogens with zero attached hydrogens (tertiary/aromatic N) is 1. The van der Waals surface area contributed by atoms with Crippen molar-refractivity contribution < 1.29 is 35.8 Å². The van der Waals surface area contributed by atoms with Crippen molar-refractivity contribution in [3.05, 3.63) is 40.4 Å². The van der Waals surface area contributed by atoms with Crippen molar-refractivity contribution in [3.63, 3.8) is 0 Å². The van der Waals surface area contributed by atoms with Gasteiger partial charge in [-0.15, -0.1) is 0 Å². The van der Waals surface area contributed by atoms with Crippen LogP contribution in [0.3, 0.4) is 0 Å². The maximum absolute atomic E-state index is 14.0. The SMILES string of the molecule is CN1CC[C@@H](Oc2cccc(NS(=O)(=O)c3cc4c(cc3Br)OCCO4)c2C(F)(F)F)C1. The van der Waals surface area contributed by atoms with Gasteiger partial charge in [-0.05, 0) is 47.6 Å². The maximum Gasteiger partial charge on any atom is 0.421 e. The molecule has 12 heteroatoms. The van der Waals surface area contributed by atoms with Crippen molar-refractivity contribution in [3.8, 4) is 17.2 Å².